The maximum atomic E-state index is 6.55. The summed E-state index contributed by atoms with van der Waals surface area (Å²) in [4.78, 5) is 4.68. The van der Waals surface area contributed by atoms with Gasteiger partial charge in [-0.25, -0.2) is 0 Å². The van der Waals surface area contributed by atoms with Crippen molar-refractivity contribution in [3.8, 4) is 33.4 Å². The van der Waals surface area contributed by atoms with Crippen LogP contribution in [0.1, 0.15) is 0 Å². The molecule has 0 atom stereocenters. The molecule has 0 radical (unpaired) electrons. The van der Waals surface area contributed by atoms with Gasteiger partial charge in [0.2, 0.25) is 0 Å². The Balaban J connectivity index is 1.01. The molecule has 0 fully saturated rings. The van der Waals surface area contributed by atoms with Crippen molar-refractivity contribution >= 4 is 66.8 Å². The van der Waals surface area contributed by atoms with Crippen molar-refractivity contribution in [3.63, 3.8) is 0 Å². The molecule has 0 saturated heterocycles. The fourth-order valence-corrected chi connectivity index (χ4v) is 8.73. The first-order valence-corrected chi connectivity index (χ1v) is 20.8. The SMILES string of the molecule is c1ccc(-c2ccc(N(c3ccc(-c4ccccc4)cc3)c3ccc(-c4ccc(N(c5ccccc5)c5cccc6c5oc5ccccc56)cc4)c4ccccc34)cc2)cc1. The molecule has 288 valence electrons. The number of rotatable bonds is 9. The second-order valence-electron chi connectivity index (χ2n) is 15.3. The number of fused-ring (bicyclic) bond motifs is 4. The van der Waals surface area contributed by atoms with Crippen molar-refractivity contribution in [2.45, 2.75) is 0 Å². The second-order valence-corrected chi connectivity index (χ2v) is 15.3. The molecular formula is C58H40N2O. The molecule has 1 aromatic heterocycles. The number of hydrogen-bond acceptors (Lipinski definition) is 3. The third kappa shape index (κ3) is 6.69. The molecule has 11 aromatic rings. The summed E-state index contributed by atoms with van der Waals surface area (Å²) in [6, 6.07) is 86.4. The van der Waals surface area contributed by atoms with Crippen LogP contribution in [0, 0.1) is 0 Å². The van der Waals surface area contributed by atoms with Gasteiger partial charge in [0.15, 0.2) is 5.58 Å². The summed E-state index contributed by atoms with van der Waals surface area (Å²) in [6.45, 7) is 0. The highest BCUT2D eigenvalue weighted by atomic mass is 16.3. The highest BCUT2D eigenvalue weighted by Crippen LogP contribution is 2.45. The smallest absolute Gasteiger partial charge is 0.159 e. The molecule has 0 bridgehead atoms. The summed E-state index contributed by atoms with van der Waals surface area (Å²) in [5.41, 5.74) is 15.3. The normalized spacial score (nSPS) is 11.3. The lowest BCUT2D eigenvalue weighted by atomic mass is 9.95. The van der Waals surface area contributed by atoms with Gasteiger partial charge in [-0.05, 0) is 105 Å². The summed E-state index contributed by atoms with van der Waals surface area (Å²) in [6.07, 6.45) is 0. The molecule has 0 aliphatic heterocycles. The zero-order valence-electron chi connectivity index (χ0n) is 33.4. The predicted octanol–water partition coefficient (Wildman–Crippen LogP) is 16.7. The first-order chi connectivity index (χ1) is 30.3. The van der Waals surface area contributed by atoms with Crippen molar-refractivity contribution in [1.29, 1.82) is 0 Å². The molecule has 0 N–H and O–H groups in total. The Morgan fingerprint density at radius 2 is 0.672 bits per heavy atom. The minimum absolute atomic E-state index is 0.868. The van der Waals surface area contributed by atoms with Crippen LogP contribution in [0.5, 0.6) is 0 Å². The standard InChI is InChI=1S/C58H40N2O/c1-4-15-41(16-5-1)43-27-33-47(34-28-43)59(48-35-29-44(30-36-48)42-17-6-2-7-18-42)55-40-39-50(51-21-10-11-22-52(51)55)45-31-37-49(38-32-45)60(46-19-8-3-9-20-46)56-25-14-24-54-53-23-12-13-26-57(53)61-58(54)56/h1-40H. The number of benzene rings is 10. The van der Waals surface area contributed by atoms with Crippen molar-refractivity contribution in [1.82, 2.24) is 0 Å². The fourth-order valence-electron chi connectivity index (χ4n) is 8.73. The molecule has 61 heavy (non-hydrogen) atoms. The van der Waals surface area contributed by atoms with E-state index < -0.39 is 0 Å². The lowest BCUT2D eigenvalue weighted by molar-refractivity contribution is 0.669. The lowest BCUT2D eigenvalue weighted by Crippen LogP contribution is -2.11. The summed E-state index contributed by atoms with van der Waals surface area (Å²) in [5, 5.41) is 4.58. The van der Waals surface area contributed by atoms with Gasteiger partial charge in [0.1, 0.15) is 5.58 Å². The molecule has 0 aliphatic rings. The largest absolute Gasteiger partial charge is 0.454 e. The molecule has 0 saturated carbocycles. The van der Waals surface area contributed by atoms with Gasteiger partial charge in [0.25, 0.3) is 0 Å². The molecule has 1 heterocycles. The molecular weight excluding hydrogens is 741 g/mol. The predicted molar refractivity (Wildman–Crippen MR) is 257 cm³/mol. The van der Waals surface area contributed by atoms with E-state index >= 15 is 0 Å². The summed E-state index contributed by atoms with van der Waals surface area (Å²) in [5.74, 6) is 0. The van der Waals surface area contributed by atoms with Gasteiger partial charge in [-0.1, -0.05) is 176 Å². The van der Waals surface area contributed by atoms with Crippen LogP contribution < -0.4 is 9.80 Å². The molecule has 0 aliphatic carbocycles. The van der Waals surface area contributed by atoms with Crippen LogP contribution >= 0.6 is 0 Å². The summed E-state index contributed by atoms with van der Waals surface area (Å²) < 4.78 is 6.55. The highest BCUT2D eigenvalue weighted by Gasteiger charge is 2.21. The summed E-state index contributed by atoms with van der Waals surface area (Å²) in [7, 11) is 0. The highest BCUT2D eigenvalue weighted by molar-refractivity contribution is 6.10. The van der Waals surface area contributed by atoms with Gasteiger partial charge in [-0.3, -0.25) is 0 Å². The number of hydrogen-bond donors (Lipinski definition) is 0. The van der Waals surface area contributed by atoms with Crippen molar-refractivity contribution in [3.05, 3.63) is 243 Å². The summed E-state index contributed by atoms with van der Waals surface area (Å²) >= 11 is 0. The molecule has 11 rings (SSSR count). The van der Waals surface area contributed by atoms with Crippen LogP contribution in [0.2, 0.25) is 0 Å². The van der Waals surface area contributed by atoms with Crippen LogP contribution in [-0.4, -0.2) is 0 Å². The molecule has 0 spiro atoms. The number of anilines is 6. The van der Waals surface area contributed by atoms with Gasteiger partial charge in [-0.2, -0.15) is 0 Å². The first-order valence-electron chi connectivity index (χ1n) is 20.8. The Labute approximate surface area is 355 Å². The van der Waals surface area contributed by atoms with Crippen molar-refractivity contribution in [2.75, 3.05) is 9.80 Å². The third-order valence-electron chi connectivity index (χ3n) is 11.7. The average molecular weight is 781 g/mol. The van der Waals surface area contributed by atoms with E-state index in [0.717, 1.165) is 61.6 Å². The Bertz CT molecular complexity index is 3180. The number of furan rings is 1. The van der Waals surface area contributed by atoms with E-state index in [1.807, 2.05) is 12.1 Å². The van der Waals surface area contributed by atoms with E-state index in [1.54, 1.807) is 0 Å². The second kappa shape index (κ2) is 15.6. The quantitative estimate of drug-likeness (QED) is 0.145. The van der Waals surface area contributed by atoms with Crippen LogP contribution in [0.4, 0.5) is 34.1 Å². The van der Waals surface area contributed by atoms with Crippen molar-refractivity contribution in [2.24, 2.45) is 0 Å². The van der Waals surface area contributed by atoms with Crippen LogP contribution in [-0.2, 0) is 0 Å². The number of nitrogens with zero attached hydrogens (tertiary/aromatic N) is 2. The molecule has 10 aromatic carbocycles. The number of para-hydroxylation sites is 3. The Morgan fingerprint density at radius 3 is 1.26 bits per heavy atom. The van der Waals surface area contributed by atoms with Gasteiger partial charge < -0.3 is 14.2 Å². The van der Waals surface area contributed by atoms with Crippen molar-refractivity contribution < 1.29 is 4.42 Å². The fraction of sp³-hybridized carbons (Fsp3) is 0. The van der Waals surface area contributed by atoms with E-state index in [-0.39, 0.29) is 0 Å². The average Bonchev–Trinajstić information content (AvgIpc) is 3.73. The van der Waals surface area contributed by atoms with Gasteiger partial charge in [0.05, 0.1) is 11.4 Å². The van der Waals surface area contributed by atoms with Crippen LogP contribution in [0.3, 0.4) is 0 Å². The monoisotopic (exact) mass is 780 g/mol. The molecule has 0 unspecified atom stereocenters. The Morgan fingerprint density at radius 1 is 0.246 bits per heavy atom. The van der Waals surface area contributed by atoms with E-state index in [4.69, 9.17) is 4.42 Å². The zero-order valence-corrected chi connectivity index (χ0v) is 33.4. The van der Waals surface area contributed by atoms with E-state index in [2.05, 4.69) is 240 Å². The minimum atomic E-state index is 0.868. The van der Waals surface area contributed by atoms with Crippen LogP contribution in [0.25, 0.3) is 66.1 Å². The maximum absolute atomic E-state index is 6.55. The Kier molecular flexibility index (Phi) is 9.18. The van der Waals surface area contributed by atoms with E-state index in [0.29, 0.717) is 0 Å². The molecule has 3 heteroatoms. The molecule has 0 amide bonds. The van der Waals surface area contributed by atoms with Crippen LogP contribution in [0.15, 0.2) is 247 Å². The maximum Gasteiger partial charge on any atom is 0.159 e. The van der Waals surface area contributed by atoms with Gasteiger partial charge in [0, 0.05) is 38.9 Å². The lowest BCUT2D eigenvalue weighted by Gasteiger charge is -2.28. The van der Waals surface area contributed by atoms with Gasteiger partial charge >= 0.3 is 0 Å². The first kappa shape index (κ1) is 36.0. The van der Waals surface area contributed by atoms with E-state index in [1.165, 1.54) is 38.6 Å². The molecule has 3 nitrogen and oxygen atoms in total. The minimum Gasteiger partial charge on any atom is -0.454 e. The van der Waals surface area contributed by atoms with Gasteiger partial charge in [-0.15, -0.1) is 0 Å². The third-order valence-corrected chi connectivity index (χ3v) is 11.7. The zero-order chi connectivity index (χ0) is 40.5. The topological polar surface area (TPSA) is 19.6 Å². The van der Waals surface area contributed by atoms with E-state index in [9.17, 15) is 0 Å². The Hall–Kier alpha value is -8.14.